The Morgan fingerprint density at radius 2 is 1.37 bits per heavy atom. The summed E-state index contributed by atoms with van der Waals surface area (Å²) < 4.78 is 28.8. The summed E-state index contributed by atoms with van der Waals surface area (Å²) in [6.45, 7) is 18.5. The maximum Gasteiger partial charge on any atom is 0.309 e. The molecule has 27 heavy (non-hydrogen) atoms. The first-order valence-electron chi connectivity index (χ1n) is 9.82. The minimum absolute atomic E-state index is 0.236. The van der Waals surface area contributed by atoms with Crippen molar-refractivity contribution in [3.8, 4) is 11.8 Å². The Kier molecular flexibility index (Phi) is 11.8. The molecule has 0 saturated heterocycles. The van der Waals surface area contributed by atoms with Crippen molar-refractivity contribution in [1.82, 2.24) is 0 Å². The van der Waals surface area contributed by atoms with Gasteiger partial charge in [0, 0.05) is 31.8 Å². The van der Waals surface area contributed by atoms with Crippen molar-refractivity contribution in [3.63, 3.8) is 0 Å². The van der Waals surface area contributed by atoms with E-state index < -0.39 is 18.2 Å². The molecule has 0 aromatic rings. The van der Waals surface area contributed by atoms with Crippen LogP contribution in [0.4, 0.5) is 0 Å². The summed E-state index contributed by atoms with van der Waals surface area (Å²) in [4.78, 5) is 12.1. The van der Waals surface area contributed by atoms with Crippen molar-refractivity contribution in [1.29, 1.82) is 0 Å². The van der Waals surface area contributed by atoms with E-state index in [-0.39, 0.29) is 17.3 Å². The standard InChI is InChI=1S/C21H38O6/c1-10-23-19(24-11-2)21(25-12-3,26-13-4)15-14-17(20(7,8)9)27-18(22)16(5)6/h16-17,19H,10-13H2,1-9H3. The van der Waals surface area contributed by atoms with Crippen LogP contribution in [0.1, 0.15) is 62.3 Å². The number of esters is 1. The van der Waals surface area contributed by atoms with E-state index in [1.54, 1.807) is 13.8 Å². The molecule has 0 saturated carbocycles. The van der Waals surface area contributed by atoms with Gasteiger partial charge in [0.1, 0.15) is 0 Å². The van der Waals surface area contributed by atoms with Gasteiger partial charge in [0.15, 0.2) is 6.10 Å². The van der Waals surface area contributed by atoms with Crippen molar-refractivity contribution < 1.29 is 28.5 Å². The highest BCUT2D eigenvalue weighted by atomic mass is 16.8. The van der Waals surface area contributed by atoms with Crippen molar-refractivity contribution >= 4 is 5.97 Å². The largest absolute Gasteiger partial charge is 0.448 e. The first-order valence-corrected chi connectivity index (χ1v) is 9.82. The second kappa shape index (κ2) is 12.4. The predicted molar refractivity (Wildman–Crippen MR) is 105 cm³/mol. The van der Waals surface area contributed by atoms with E-state index in [9.17, 15) is 4.79 Å². The van der Waals surface area contributed by atoms with Crippen LogP contribution in [0.25, 0.3) is 0 Å². The molecule has 0 aliphatic heterocycles. The van der Waals surface area contributed by atoms with Gasteiger partial charge in [-0.1, -0.05) is 40.5 Å². The molecule has 0 bridgehead atoms. The zero-order chi connectivity index (χ0) is 21.1. The van der Waals surface area contributed by atoms with Gasteiger partial charge in [-0.2, -0.15) is 0 Å². The predicted octanol–water partition coefficient (Wildman–Crippen LogP) is 3.77. The van der Waals surface area contributed by atoms with Crippen molar-refractivity contribution in [2.24, 2.45) is 11.3 Å². The van der Waals surface area contributed by atoms with Crippen LogP contribution >= 0.6 is 0 Å². The molecule has 0 radical (unpaired) electrons. The number of hydrogen-bond acceptors (Lipinski definition) is 6. The van der Waals surface area contributed by atoms with E-state index in [0.717, 1.165) is 0 Å². The third-order valence-corrected chi connectivity index (χ3v) is 3.53. The summed E-state index contributed by atoms with van der Waals surface area (Å²) in [5, 5.41) is 0. The van der Waals surface area contributed by atoms with Gasteiger partial charge in [-0.05, 0) is 33.6 Å². The zero-order valence-electron chi connectivity index (χ0n) is 18.5. The summed E-state index contributed by atoms with van der Waals surface area (Å²) in [6, 6.07) is 0. The van der Waals surface area contributed by atoms with Crippen LogP contribution in [0, 0.1) is 23.2 Å². The molecule has 0 aliphatic rings. The third-order valence-electron chi connectivity index (χ3n) is 3.53. The van der Waals surface area contributed by atoms with Gasteiger partial charge in [-0.25, -0.2) is 0 Å². The van der Waals surface area contributed by atoms with Crippen molar-refractivity contribution in [3.05, 3.63) is 0 Å². The molecule has 0 amide bonds. The first kappa shape index (κ1) is 25.9. The lowest BCUT2D eigenvalue weighted by Crippen LogP contribution is -2.50. The minimum Gasteiger partial charge on any atom is -0.448 e. The number of carbonyl (C=O) groups excluding carboxylic acids is 1. The number of carbonyl (C=O) groups is 1. The molecule has 0 spiro atoms. The number of ether oxygens (including phenoxy) is 5. The Morgan fingerprint density at radius 3 is 1.70 bits per heavy atom. The van der Waals surface area contributed by atoms with Crippen LogP contribution in [0.2, 0.25) is 0 Å². The molecule has 158 valence electrons. The van der Waals surface area contributed by atoms with Crippen LogP contribution in [0.15, 0.2) is 0 Å². The molecule has 1 unspecified atom stereocenters. The van der Waals surface area contributed by atoms with Crippen molar-refractivity contribution in [2.75, 3.05) is 26.4 Å². The summed E-state index contributed by atoms with van der Waals surface area (Å²) >= 11 is 0. The average molecular weight is 387 g/mol. The summed E-state index contributed by atoms with van der Waals surface area (Å²) in [5.74, 6) is 4.15. The molecule has 0 heterocycles. The highest BCUT2D eigenvalue weighted by molar-refractivity contribution is 5.72. The van der Waals surface area contributed by atoms with Gasteiger partial charge < -0.3 is 23.7 Å². The summed E-state index contributed by atoms with van der Waals surface area (Å²) in [6.07, 6.45) is -1.45. The second-order valence-corrected chi connectivity index (χ2v) is 7.38. The molecular formula is C21H38O6. The van der Waals surface area contributed by atoms with Gasteiger partial charge in [-0.15, -0.1) is 0 Å². The van der Waals surface area contributed by atoms with Crippen LogP contribution in [0.3, 0.4) is 0 Å². The normalized spacial score (nSPS) is 13.4. The number of rotatable bonds is 11. The third kappa shape index (κ3) is 8.61. The highest BCUT2D eigenvalue weighted by Crippen LogP contribution is 2.26. The molecule has 6 nitrogen and oxygen atoms in total. The molecule has 0 N–H and O–H groups in total. The molecule has 0 rings (SSSR count). The highest BCUT2D eigenvalue weighted by Gasteiger charge is 2.42. The van der Waals surface area contributed by atoms with E-state index in [2.05, 4.69) is 11.8 Å². The second-order valence-electron chi connectivity index (χ2n) is 7.38. The molecular weight excluding hydrogens is 348 g/mol. The molecule has 0 aromatic carbocycles. The van der Waals surface area contributed by atoms with Gasteiger partial charge in [-0.3, -0.25) is 4.79 Å². The smallest absolute Gasteiger partial charge is 0.309 e. The van der Waals surface area contributed by atoms with E-state index >= 15 is 0 Å². The van der Waals surface area contributed by atoms with Crippen LogP contribution in [-0.2, 0) is 28.5 Å². The lowest BCUT2D eigenvalue weighted by molar-refractivity contribution is -0.321. The Bertz CT molecular complexity index is 471. The van der Waals surface area contributed by atoms with Crippen molar-refractivity contribution in [2.45, 2.75) is 80.5 Å². The summed E-state index contributed by atoms with van der Waals surface area (Å²) in [5.41, 5.74) is -0.381. The Labute approximate surface area is 165 Å². The van der Waals surface area contributed by atoms with E-state index in [1.165, 1.54) is 0 Å². The maximum atomic E-state index is 12.1. The van der Waals surface area contributed by atoms with E-state index in [4.69, 9.17) is 23.7 Å². The quantitative estimate of drug-likeness (QED) is 0.306. The van der Waals surface area contributed by atoms with Crippen LogP contribution in [-0.4, -0.2) is 50.6 Å². The summed E-state index contributed by atoms with van der Waals surface area (Å²) in [7, 11) is 0. The van der Waals surface area contributed by atoms with E-state index in [0.29, 0.717) is 26.4 Å². The fraction of sp³-hybridized carbons (Fsp3) is 0.857. The van der Waals surface area contributed by atoms with Crippen LogP contribution < -0.4 is 0 Å². The maximum absolute atomic E-state index is 12.1. The molecule has 1 atom stereocenters. The number of hydrogen-bond donors (Lipinski definition) is 0. The molecule has 0 aromatic heterocycles. The van der Waals surface area contributed by atoms with Gasteiger partial charge >= 0.3 is 5.97 Å². The average Bonchev–Trinajstić information content (AvgIpc) is 2.57. The lowest BCUT2D eigenvalue weighted by Gasteiger charge is -2.35. The fourth-order valence-corrected chi connectivity index (χ4v) is 2.15. The van der Waals surface area contributed by atoms with E-state index in [1.807, 2.05) is 48.5 Å². The first-order chi connectivity index (χ1) is 12.6. The molecule has 0 aliphatic carbocycles. The van der Waals surface area contributed by atoms with Gasteiger partial charge in [0.05, 0.1) is 5.92 Å². The zero-order valence-corrected chi connectivity index (χ0v) is 18.5. The lowest BCUT2D eigenvalue weighted by atomic mass is 9.89. The fourth-order valence-electron chi connectivity index (χ4n) is 2.15. The monoisotopic (exact) mass is 386 g/mol. The Balaban J connectivity index is 6.00. The van der Waals surface area contributed by atoms with Crippen LogP contribution in [0.5, 0.6) is 0 Å². The molecule has 0 fully saturated rings. The Hall–Kier alpha value is -1.13. The van der Waals surface area contributed by atoms with Gasteiger partial charge in [0.25, 0.3) is 5.79 Å². The Morgan fingerprint density at radius 1 is 0.889 bits per heavy atom. The van der Waals surface area contributed by atoms with Gasteiger partial charge in [0.2, 0.25) is 6.29 Å². The topological polar surface area (TPSA) is 63.2 Å². The minimum atomic E-state index is -1.40. The SMILES string of the molecule is CCOC(OCC)C(C#CC(OC(=O)C(C)C)C(C)(C)C)(OCC)OCC. The molecule has 6 heteroatoms.